The third-order valence-corrected chi connectivity index (χ3v) is 3.62. The molecule has 0 aliphatic heterocycles. The minimum absolute atomic E-state index is 0.0404. The van der Waals surface area contributed by atoms with E-state index in [1.54, 1.807) is 6.07 Å². The first-order valence-electron chi connectivity index (χ1n) is 7.32. The number of halogens is 4. The van der Waals surface area contributed by atoms with Gasteiger partial charge in [0.25, 0.3) is 0 Å². The van der Waals surface area contributed by atoms with Crippen molar-refractivity contribution in [2.24, 2.45) is 0 Å². The number of nitriles is 1. The van der Waals surface area contributed by atoms with Crippen LogP contribution in [0.25, 0.3) is 5.69 Å². The van der Waals surface area contributed by atoms with Gasteiger partial charge in [0.05, 0.1) is 29.1 Å². The van der Waals surface area contributed by atoms with Crippen molar-refractivity contribution in [3.8, 4) is 11.8 Å². The smallest absolute Gasteiger partial charge is 0.416 e. The van der Waals surface area contributed by atoms with Crippen molar-refractivity contribution in [3.05, 3.63) is 46.2 Å². The van der Waals surface area contributed by atoms with Crippen LogP contribution in [0.15, 0.2) is 24.4 Å². The molecular formula is C16H13ClF3N3O2. The van der Waals surface area contributed by atoms with E-state index < -0.39 is 17.7 Å². The number of ether oxygens (including phenoxy) is 1. The fourth-order valence-electron chi connectivity index (χ4n) is 2.04. The number of benzene rings is 1. The quantitative estimate of drug-likeness (QED) is 0.578. The molecule has 1 aromatic carbocycles. The number of hydrogen-bond acceptors (Lipinski definition) is 4. The predicted molar refractivity (Wildman–Crippen MR) is 83.5 cm³/mol. The number of aromatic nitrogens is 2. The van der Waals surface area contributed by atoms with Crippen LogP contribution in [-0.2, 0) is 10.9 Å². The molecule has 0 N–H and O–H groups in total. The molecule has 5 nitrogen and oxygen atoms in total. The van der Waals surface area contributed by atoms with E-state index in [1.165, 1.54) is 0 Å². The van der Waals surface area contributed by atoms with Gasteiger partial charge in [-0.2, -0.15) is 23.5 Å². The van der Waals surface area contributed by atoms with Crippen LogP contribution in [0.4, 0.5) is 13.2 Å². The Morgan fingerprint density at radius 3 is 2.72 bits per heavy atom. The molecule has 132 valence electrons. The lowest BCUT2D eigenvalue weighted by atomic mass is 10.2. The van der Waals surface area contributed by atoms with Crippen molar-refractivity contribution >= 4 is 17.6 Å². The van der Waals surface area contributed by atoms with Crippen molar-refractivity contribution in [3.63, 3.8) is 0 Å². The Labute approximate surface area is 146 Å². The average Bonchev–Trinajstić information content (AvgIpc) is 2.97. The van der Waals surface area contributed by atoms with Crippen molar-refractivity contribution in [2.45, 2.75) is 25.9 Å². The van der Waals surface area contributed by atoms with Gasteiger partial charge in [-0.15, -0.1) is 0 Å². The highest BCUT2D eigenvalue weighted by molar-refractivity contribution is 6.32. The first kappa shape index (κ1) is 18.8. The normalized spacial score (nSPS) is 11.2. The zero-order valence-corrected chi connectivity index (χ0v) is 13.9. The molecular weight excluding hydrogens is 359 g/mol. The van der Waals surface area contributed by atoms with Gasteiger partial charge in [-0.1, -0.05) is 24.9 Å². The van der Waals surface area contributed by atoms with E-state index in [0.717, 1.165) is 35.5 Å². The maximum Gasteiger partial charge on any atom is 0.416 e. The minimum Gasteiger partial charge on any atom is -0.461 e. The minimum atomic E-state index is -4.55. The molecule has 9 heteroatoms. The second kappa shape index (κ2) is 7.57. The van der Waals surface area contributed by atoms with Gasteiger partial charge in [-0.05, 0) is 24.6 Å². The number of unbranched alkanes of at least 4 members (excludes halogenated alkanes) is 1. The number of carbonyl (C=O) groups is 1. The third kappa shape index (κ3) is 4.12. The van der Waals surface area contributed by atoms with Crippen LogP contribution in [0.5, 0.6) is 0 Å². The number of hydrogen-bond donors (Lipinski definition) is 0. The van der Waals surface area contributed by atoms with Crippen LogP contribution in [0.1, 0.15) is 41.4 Å². The molecule has 0 aliphatic rings. The fourth-order valence-corrected chi connectivity index (χ4v) is 2.30. The van der Waals surface area contributed by atoms with E-state index >= 15 is 0 Å². The highest BCUT2D eigenvalue weighted by atomic mass is 35.5. The summed E-state index contributed by atoms with van der Waals surface area (Å²) in [5.74, 6) is -0.793. The first-order chi connectivity index (χ1) is 11.8. The summed E-state index contributed by atoms with van der Waals surface area (Å²) in [7, 11) is 0. The maximum absolute atomic E-state index is 12.7. The van der Waals surface area contributed by atoms with Gasteiger partial charge in [0, 0.05) is 0 Å². The lowest BCUT2D eigenvalue weighted by molar-refractivity contribution is -0.137. The number of rotatable bonds is 5. The van der Waals surface area contributed by atoms with Crippen molar-refractivity contribution < 1.29 is 22.7 Å². The molecule has 0 radical (unpaired) electrons. The summed E-state index contributed by atoms with van der Waals surface area (Å²) in [6.07, 6.45) is -1.97. The summed E-state index contributed by atoms with van der Waals surface area (Å²) in [4.78, 5) is 12.2. The largest absolute Gasteiger partial charge is 0.461 e. The standard InChI is InChI=1S/C16H13ClF3N3O2/c1-2-3-6-25-15(24)14-10(8-21)9-22-23(14)13-5-4-11(7-12(13)17)16(18,19)20/h4-5,7,9H,2-3,6H2,1H3. The number of nitrogens with zero attached hydrogens (tertiary/aromatic N) is 3. The zero-order chi connectivity index (χ0) is 18.6. The van der Waals surface area contributed by atoms with E-state index in [4.69, 9.17) is 21.6 Å². The summed E-state index contributed by atoms with van der Waals surface area (Å²) < 4.78 is 44.3. The predicted octanol–water partition coefficient (Wildman–Crippen LogP) is 4.37. The highest BCUT2D eigenvalue weighted by Crippen LogP contribution is 2.33. The molecule has 0 amide bonds. The Balaban J connectivity index is 2.45. The fraction of sp³-hybridized carbons (Fsp3) is 0.312. The van der Waals surface area contributed by atoms with Crippen LogP contribution in [0.2, 0.25) is 5.02 Å². The molecule has 0 saturated carbocycles. The van der Waals surface area contributed by atoms with Gasteiger partial charge in [-0.3, -0.25) is 0 Å². The van der Waals surface area contributed by atoms with E-state index in [2.05, 4.69) is 5.10 Å². The molecule has 0 unspecified atom stereocenters. The third-order valence-electron chi connectivity index (χ3n) is 3.32. The summed E-state index contributed by atoms with van der Waals surface area (Å²) in [6, 6.07) is 4.44. The zero-order valence-electron chi connectivity index (χ0n) is 13.1. The molecule has 1 aromatic heterocycles. The van der Waals surface area contributed by atoms with Gasteiger partial charge >= 0.3 is 12.1 Å². The summed E-state index contributed by atoms with van der Waals surface area (Å²) in [5.41, 5.74) is -1.13. The maximum atomic E-state index is 12.7. The average molecular weight is 372 g/mol. The van der Waals surface area contributed by atoms with Crippen LogP contribution in [-0.4, -0.2) is 22.4 Å². The molecule has 1 heterocycles. The van der Waals surface area contributed by atoms with Crippen LogP contribution >= 0.6 is 11.6 Å². The molecule has 0 spiro atoms. The Bertz CT molecular complexity index is 825. The van der Waals surface area contributed by atoms with Gasteiger partial charge in [0.2, 0.25) is 0 Å². The Morgan fingerprint density at radius 2 is 2.16 bits per heavy atom. The van der Waals surface area contributed by atoms with E-state index in [-0.39, 0.29) is 28.6 Å². The summed E-state index contributed by atoms with van der Waals surface area (Å²) in [5, 5.41) is 12.8. The van der Waals surface area contributed by atoms with Crippen molar-refractivity contribution in [1.82, 2.24) is 9.78 Å². The summed E-state index contributed by atoms with van der Waals surface area (Å²) in [6.45, 7) is 2.08. The van der Waals surface area contributed by atoms with E-state index in [1.807, 2.05) is 6.92 Å². The molecule has 2 rings (SSSR count). The highest BCUT2D eigenvalue weighted by Gasteiger charge is 2.31. The molecule has 25 heavy (non-hydrogen) atoms. The lowest BCUT2D eigenvalue weighted by Crippen LogP contribution is -2.15. The molecule has 2 aromatic rings. The van der Waals surface area contributed by atoms with Gasteiger partial charge < -0.3 is 4.74 Å². The van der Waals surface area contributed by atoms with Crippen molar-refractivity contribution in [1.29, 1.82) is 5.26 Å². The van der Waals surface area contributed by atoms with Crippen molar-refractivity contribution in [2.75, 3.05) is 6.61 Å². The topological polar surface area (TPSA) is 67.9 Å². The first-order valence-corrected chi connectivity index (χ1v) is 7.69. The lowest BCUT2D eigenvalue weighted by Gasteiger charge is -2.12. The molecule has 0 bridgehead atoms. The second-order valence-corrected chi connectivity index (χ2v) is 5.49. The van der Waals surface area contributed by atoms with E-state index in [0.29, 0.717) is 6.42 Å². The van der Waals surface area contributed by atoms with E-state index in [9.17, 15) is 18.0 Å². The number of esters is 1. The van der Waals surface area contributed by atoms with Gasteiger partial charge in [-0.25, -0.2) is 9.48 Å². The molecule has 0 aliphatic carbocycles. The summed E-state index contributed by atoms with van der Waals surface area (Å²) >= 11 is 5.93. The number of alkyl halides is 3. The monoisotopic (exact) mass is 371 g/mol. The second-order valence-electron chi connectivity index (χ2n) is 5.08. The van der Waals surface area contributed by atoms with Gasteiger partial charge in [0.1, 0.15) is 11.6 Å². The SMILES string of the molecule is CCCCOC(=O)c1c(C#N)cnn1-c1ccc(C(F)(F)F)cc1Cl. The number of carbonyl (C=O) groups excluding carboxylic acids is 1. The van der Waals surface area contributed by atoms with Crippen LogP contribution in [0, 0.1) is 11.3 Å². The Kier molecular flexibility index (Phi) is 5.69. The molecule has 0 fully saturated rings. The molecule has 0 saturated heterocycles. The van der Waals surface area contributed by atoms with Gasteiger partial charge in [0.15, 0.2) is 5.69 Å². The Morgan fingerprint density at radius 1 is 1.44 bits per heavy atom. The van der Waals surface area contributed by atoms with Crippen LogP contribution in [0.3, 0.4) is 0 Å². The molecule has 0 atom stereocenters. The Hall–Kier alpha value is -2.53. The van der Waals surface area contributed by atoms with Crippen LogP contribution < -0.4 is 0 Å².